The van der Waals surface area contributed by atoms with Crippen molar-refractivity contribution >= 4 is 46.8 Å². The molecule has 0 aliphatic carbocycles. The van der Waals surface area contributed by atoms with E-state index in [4.69, 9.17) is 27.9 Å². The number of carbonyl (C=O) groups is 2. The molecule has 0 aromatic heterocycles. The Bertz CT molecular complexity index is 1130. The molecular weight excluding hydrogens is 423 g/mol. The van der Waals surface area contributed by atoms with E-state index in [1.54, 1.807) is 66.7 Å². The number of amides is 2. The van der Waals surface area contributed by atoms with Crippen molar-refractivity contribution < 1.29 is 14.3 Å². The van der Waals surface area contributed by atoms with E-state index in [2.05, 4.69) is 5.43 Å². The van der Waals surface area contributed by atoms with Crippen molar-refractivity contribution in [1.82, 2.24) is 5.43 Å². The lowest BCUT2D eigenvalue weighted by Crippen LogP contribution is -2.35. The van der Waals surface area contributed by atoms with Gasteiger partial charge in [0.25, 0.3) is 11.8 Å². The van der Waals surface area contributed by atoms with Crippen molar-refractivity contribution in [3.63, 3.8) is 0 Å². The molecule has 7 heteroatoms. The summed E-state index contributed by atoms with van der Waals surface area (Å²) < 4.78 is 5.91. The molecule has 1 aliphatic rings. The third-order valence-electron chi connectivity index (χ3n) is 4.56. The number of rotatable bonds is 5. The van der Waals surface area contributed by atoms with Gasteiger partial charge in [0, 0.05) is 21.2 Å². The van der Waals surface area contributed by atoms with Gasteiger partial charge >= 0.3 is 0 Å². The number of nitrogens with zero attached hydrogens (tertiary/aromatic N) is 1. The lowest BCUT2D eigenvalue weighted by molar-refractivity contribution is -0.117. The van der Waals surface area contributed by atoms with E-state index < -0.39 is 11.8 Å². The second kappa shape index (κ2) is 8.61. The molecule has 5 nitrogen and oxygen atoms in total. The Balaban J connectivity index is 1.60. The lowest BCUT2D eigenvalue weighted by atomic mass is 10.1. The van der Waals surface area contributed by atoms with Crippen LogP contribution in [0.1, 0.15) is 11.1 Å². The number of hydrogen-bond acceptors (Lipinski definition) is 3. The van der Waals surface area contributed by atoms with E-state index in [0.29, 0.717) is 32.6 Å². The van der Waals surface area contributed by atoms with Crippen LogP contribution in [0.15, 0.2) is 78.4 Å². The van der Waals surface area contributed by atoms with Crippen LogP contribution in [-0.2, 0) is 16.2 Å². The van der Waals surface area contributed by atoms with E-state index in [9.17, 15) is 9.59 Å². The first-order valence-electron chi connectivity index (χ1n) is 9.11. The molecule has 1 fully saturated rings. The monoisotopic (exact) mass is 438 g/mol. The molecule has 0 spiro atoms. The molecule has 3 aromatic carbocycles. The topological polar surface area (TPSA) is 58.6 Å². The van der Waals surface area contributed by atoms with Gasteiger partial charge < -0.3 is 4.74 Å². The average Bonchev–Trinajstić information content (AvgIpc) is 3.03. The zero-order valence-corrected chi connectivity index (χ0v) is 17.2. The summed E-state index contributed by atoms with van der Waals surface area (Å²) in [7, 11) is 0. The molecule has 2 amide bonds. The molecule has 30 heavy (non-hydrogen) atoms. The number of halogens is 2. The fraction of sp³-hybridized carbons (Fsp3) is 0.0435. The Morgan fingerprint density at radius 3 is 2.27 bits per heavy atom. The summed E-state index contributed by atoms with van der Waals surface area (Å²) >= 11 is 12.4. The largest absolute Gasteiger partial charge is 0.488 e. The second-order valence-electron chi connectivity index (χ2n) is 6.50. The van der Waals surface area contributed by atoms with Crippen LogP contribution in [0.3, 0.4) is 0 Å². The van der Waals surface area contributed by atoms with Gasteiger partial charge in [0.15, 0.2) is 0 Å². The first-order chi connectivity index (χ1) is 14.5. The predicted octanol–water partition coefficient (Wildman–Crippen LogP) is 5.03. The van der Waals surface area contributed by atoms with Crippen LogP contribution in [0.4, 0.5) is 5.69 Å². The number of carbonyl (C=O) groups excluding carboxylic acids is 2. The van der Waals surface area contributed by atoms with E-state index in [-0.39, 0.29) is 12.2 Å². The van der Waals surface area contributed by atoms with E-state index in [0.717, 1.165) is 0 Å². The molecule has 0 saturated carbocycles. The second-order valence-corrected chi connectivity index (χ2v) is 7.32. The van der Waals surface area contributed by atoms with E-state index >= 15 is 0 Å². The summed E-state index contributed by atoms with van der Waals surface area (Å²) in [5, 5.41) is 2.23. The van der Waals surface area contributed by atoms with Gasteiger partial charge in [0.1, 0.15) is 17.9 Å². The van der Waals surface area contributed by atoms with Gasteiger partial charge in [-0.15, -0.1) is 0 Å². The number of nitrogens with one attached hydrogen (secondary N) is 1. The molecule has 1 saturated heterocycles. The van der Waals surface area contributed by atoms with Gasteiger partial charge in [0.05, 0.1) is 5.69 Å². The number of hydrazine groups is 1. The third kappa shape index (κ3) is 4.03. The Labute approximate surface area is 183 Å². The Morgan fingerprint density at radius 2 is 1.53 bits per heavy atom. The lowest BCUT2D eigenvalue weighted by Gasteiger charge is -2.14. The van der Waals surface area contributed by atoms with Crippen molar-refractivity contribution in [2.75, 3.05) is 5.01 Å². The Hall–Kier alpha value is -3.28. The van der Waals surface area contributed by atoms with Gasteiger partial charge in [-0.05, 0) is 36.4 Å². The van der Waals surface area contributed by atoms with Gasteiger partial charge in [-0.1, -0.05) is 65.7 Å². The molecule has 0 atom stereocenters. The maximum atomic E-state index is 12.8. The van der Waals surface area contributed by atoms with E-state index in [1.807, 2.05) is 6.07 Å². The molecule has 1 N–H and O–H groups in total. The SMILES string of the molecule is O=C1NN(c2ccccc2)C(=O)/C1=C\c1ccccc1OCc1c(Cl)cccc1Cl. The van der Waals surface area contributed by atoms with Crippen LogP contribution in [0, 0.1) is 0 Å². The zero-order chi connectivity index (χ0) is 21.1. The molecule has 1 aliphatic heterocycles. The number of anilines is 1. The first-order valence-corrected chi connectivity index (χ1v) is 9.87. The summed E-state index contributed by atoms with van der Waals surface area (Å²) in [5.41, 5.74) is 4.44. The van der Waals surface area contributed by atoms with Crippen molar-refractivity contribution in [2.45, 2.75) is 6.61 Å². The Kier molecular flexibility index (Phi) is 5.74. The highest BCUT2D eigenvalue weighted by atomic mass is 35.5. The first kappa shape index (κ1) is 20.0. The molecule has 150 valence electrons. The van der Waals surface area contributed by atoms with Gasteiger partial charge in [0.2, 0.25) is 0 Å². The minimum Gasteiger partial charge on any atom is -0.488 e. The molecule has 1 heterocycles. The quantitative estimate of drug-likeness (QED) is 0.448. The molecule has 4 rings (SSSR count). The number of hydrogen-bond donors (Lipinski definition) is 1. The molecule has 0 unspecified atom stereocenters. The average molecular weight is 439 g/mol. The number of para-hydroxylation sites is 2. The minimum absolute atomic E-state index is 0.0191. The van der Waals surface area contributed by atoms with Crippen molar-refractivity contribution in [1.29, 1.82) is 0 Å². The Morgan fingerprint density at radius 1 is 0.867 bits per heavy atom. The molecular formula is C23H16Cl2N2O3. The zero-order valence-electron chi connectivity index (χ0n) is 15.6. The summed E-state index contributed by atoms with van der Waals surface area (Å²) in [6, 6.07) is 21.3. The predicted molar refractivity (Wildman–Crippen MR) is 117 cm³/mol. The van der Waals surface area contributed by atoms with Crippen LogP contribution < -0.4 is 15.2 Å². The molecule has 3 aromatic rings. The summed E-state index contributed by atoms with van der Waals surface area (Å²) in [6.45, 7) is 0.148. The van der Waals surface area contributed by atoms with Crippen LogP contribution >= 0.6 is 23.2 Å². The fourth-order valence-electron chi connectivity index (χ4n) is 3.02. The highest BCUT2D eigenvalue weighted by molar-refractivity contribution is 6.36. The summed E-state index contributed by atoms with van der Waals surface area (Å²) in [5.74, 6) is -0.414. The van der Waals surface area contributed by atoms with Crippen LogP contribution in [0.5, 0.6) is 5.75 Å². The standard InChI is InChI=1S/C23H16Cl2N2O3/c24-19-10-6-11-20(25)18(19)14-30-21-12-5-4-7-15(21)13-17-22(28)26-27(23(17)29)16-8-2-1-3-9-16/h1-13H,14H2,(H,26,28)/b17-13-. The van der Waals surface area contributed by atoms with Crippen molar-refractivity contribution in [3.05, 3.63) is 99.5 Å². The fourth-order valence-corrected chi connectivity index (χ4v) is 3.53. The van der Waals surface area contributed by atoms with Crippen LogP contribution in [-0.4, -0.2) is 11.8 Å². The highest BCUT2D eigenvalue weighted by Gasteiger charge is 2.34. The minimum atomic E-state index is -0.479. The maximum absolute atomic E-state index is 12.8. The van der Waals surface area contributed by atoms with Gasteiger partial charge in [-0.2, -0.15) is 0 Å². The van der Waals surface area contributed by atoms with Gasteiger partial charge in [-0.25, -0.2) is 5.01 Å². The number of ether oxygens (including phenoxy) is 1. The van der Waals surface area contributed by atoms with Crippen LogP contribution in [0.2, 0.25) is 10.0 Å². The smallest absolute Gasteiger partial charge is 0.282 e. The van der Waals surface area contributed by atoms with Crippen molar-refractivity contribution in [2.24, 2.45) is 0 Å². The van der Waals surface area contributed by atoms with Gasteiger partial charge in [-0.3, -0.25) is 15.0 Å². The summed E-state index contributed by atoms with van der Waals surface area (Å²) in [4.78, 5) is 25.2. The maximum Gasteiger partial charge on any atom is 0.282 e. The molecule has 0 radical (unpaired) electrons. The third-order valence-corrected chi connectivity index (χ3v) is 5.27. The van der Waals surface area contributed by atoms with E-state index in [1.165, 1.54) is 11.1 Å². The van der Waals surface area contributed by atoms with Crippen LogP contribution in [0.25, 0.3) is 6.08 Å². The van der Waals surface area contributed by atoms with Crippen molar-refractivity contribution in [3.8, 4) is 5.75 Å². The number of benzene rings is 3. The normalized spacial score (nSPS) is 14.9. The summed E-state index contributed by atoms with van der Waals surface area (Å²) in [6.07, 6.45) is 1.52. The molecule has 0 bridgehead atoms. The highest BCUT2D eigenvalue weighted by Crippen LogP contribution is 2.29.